The van der Waals surface area contributed by atoms with Gasteiger partial charge in [0.05, 0.1) is 0 Å². The van der Waals surface area contributed by atoms with Crippen LogP contribution >= 0.6 is 0 Å². The third-order valence-electron chi connectivity index (χ3n) is 6.61. The van der Waals surface area contributed by atoms with Crippen LogP contribution < -0.4 is 5.32 Å². The highest BCUT2D eigenvalue weighted by atomic mass is 16.5. The first kappa shape index (κ1) is 19.5. The van der Waals surface area contributed by atoms with Gasteiger partial charge in [-0.3, -0.25) is 0 Å². The number of alkyl carbamates (subject to hydrolysis) is 1. The van der Waals surface area contributed by atoms with Crippen LogP contribution in [0.15, 0.2) is 42.5 Å². The van der Waals surface area contributed by atoms with E-state index in [2.05, 4.69) is 38.2 Å². The lowest BCUT2D eigenvalue weighted by molar-refractivity contribution is -0.183. The van der Waals surface area contributed by atoms with Crippen LogP contribution in [0, 0.1) is 26.2 Å². The van der Waals surface area contributed by atoms with Gasteiger partial charge in [0.25, 0.3) is 0 Å². The highest BCUT2D eigenvalue weighted by Crippen LogP contribution is 2.75. The second-order valence-electron chi connectivity index (χ2n) is 8.92. The van der Waals surface area contributed by atoms with Crippen molar-refractivity contribution in [2.24, 2.45) is 5.41 Å². The minimum Gasteiger partial charge on any atom is -0.480 e. The lowest BCUT2D eigenvalue weighted by atomic mass is 9.31. The minimum atomic E-state index is -0.993. The molecule has 2 bridgehead atoms. The monoisotopic (exact) mass is 393 g/mol. The summed E-state index contributed by atoms with van der Waals surface area (Å²) in [5, 5.41) is 12.4. The predicted octanol–water partition coefficient (Wildman–Crippen LogP) is 4.41. The first-order chi connectivity index (χ1) is 13.7. The standard InChI is InChI=1S/C24H27NO4/c1-15-9-16(2)19(17(3)10-15)23-12-24(13-23,14-23)20(21(26)27)25-22(28)29-11-18-7-5-4-6-8-18/h4-10,20H,11-14H2,1-3H3,(H,25,28)(H,26,27). The van der Waals surface area contributed by atoms with Crippen molar-refractivity contribution in [1.29, 1.82) is 0 Å². The van der Waals surface area contributed by atoms with Crippen LogP contribution in [0.2, 0.25) is 0 Å². The maximum absolute atomic E-state index is 12.2. The molecule has 0 aromatic heterocycles. The zero-order chi connectivity index (χ0) is 20.8. The first-order valence-electron chi connectivity index (χ1n) is 10.0. The average molecular weight is 393 g/mol. The lowest BCUT2D eigenvalue weighted by Gasteiger charge is -2.73. The van der Waals surface area contributed by atoms with Crippen molar-refractivity contribution in [2.75, 3.05) is 0 Å². The fourth-order valence-corrected chi connectivity index (χ4v) is 5.81. The molecule has 3 aliphatic rings. The number of ether oxygens (including phenoxy) is 1. The van der Waals surface area contributed by atoms with Gasteiger partial charge in [-0.05, 0) is 67.7 Å². The van der Waals surface area contributed by atoms with E-state index in [-0.39, 0.29) is 17.4 Å². The normalized spacial score (nSPS) is 25.3. The molecule has 1 amide bonds. The van der Waals surface area contributed by atoms with Gasteiger partial charge in [0.1, 0.15) is 12.6 Å². The smallest absolute Gasteiger partial charge is 0.408 e. The summed E-state index contributed by atoms with van der Waals surface area (Å²) in [5.74, 6) is -0.993. The predicted molar refractivity (Wildman–Crippen MR) is 110 cm³/mol. The molecule has 2 N–H and O–H groups in total. The summed E-state index contributed by atoms with van der Waals surface area (Å²) in [6.45, 7) is 6.49. The van der Waals surface area contributed by atoms with Crippen LogP contribution in [0.5, 0.6) is 0 Å². The second kappa shape index (κ2) is 6.90. The molecule has 152 valence electrons. The van der Waals surface area contributed by atoms with E-state index in [0.29, 0.717) is 0 Å². The number of carbonyl (C=O) groups is 2. The van der Waals surface area contributed by atoms with E-state index in [1.54, 1.807) is 0 Å². The number of aryl methyl sites for hydroxylation is 3. The molecule has 0 radical (unpaired) electrons. The molecule has 5 rings (SSSR count). The summed E-state index contributed by atoms with van der Waals surface area (Å²) in [7, 11) is 0. The summed E-state index contributed by atoms with van der Waals surface area (Å²) in [6.07, 6.45) is 1.70. The Balaban J connectivity index is 1.42. The van der Waals surface area contributed by atoms with Crippen molar-refractivity contribution in [3.05, 3.63) is 70.3 Å². The minimum absolute atomic E-state index is 0.0607. The van der Waals surface area contributed by atoms with Gasteiger partial charge in [0.2, 0.25) is 0 Å². The van der Waals surface area contributed by atoms with E-state index in [4.69, 9.17) is 4.74 Å². The van der Waals surface area contributed by atoms with E-state index in [9.17, 15) is 14.7 Å². The zero-order valence-corrected chi connectivity index (χ0v) is 17.1. The third-order valence-corrected chi connectivity index (χ3v) is 6.61. The summed E-state index contributed by atoms with van der Waals surface area (Å²) in [5.41, 5.74) is 5.71. The molecule has 2 aromatic rings. The van der Waals surface area contributed by atoms with Crippen molar-refractivity contribution >= 4 is 12.1 Å². The maximum atomic E-state index is 12.2. The van der Waals surface area contributed by atoms with Crippen LogP contribution in [0.1, 0.15) is 47.1 Å². The number of carboxylic acid groups (broad SMARTS) is 1. The SMILES string of the molecule is Cc1cc(C)c(C23CC(C(NC(=O)OCc4ccccc4)C(=O)O)(C2)C3)c(C)c1. The highest BCUT2D eigenvalue weighted by molar-refractivity contribution is 5.82. The van der Waals surface area contributed by atoms with E-state index in [1.807, 2.05) is 30.3 Å². The van der Waals surface area contributed by atoms with Crippen LogP contribution in [0.25, 0.3) is 0 Å². The number of rotatable bonds is 6. The van der Waals surface area contributed by atoms with Gasteiger partial charge in [0.15, 0.2) is 0 Å². The quantitative estimate of drug-likeness (QED) is 0.762. The summed E-state index contributed by atoms with van der Waals surface area (Å²) in [4.78, 5) is 24.2. The molecule has 2 aromatic carbocycles. The molecule has 3 saturated carbocycles. The molecule has 1 atom stereocenters. The van der Waals surface area contributed by atoms with Crippen LogP contribution in [-0.4, -0.2) is 23.2 Å². The van der Waals surface area contributed by atoms with Gasteiger partial charge in [-0.25, -0.2) is 9.59 Å². The molecule has 5 heteroatoms. The molecular weight excluding hydrogens is 366 g/mol. The van der Waals surface area contributed by atoms with Crippen molar-refractivity contribution in [2.45, 2.75) is 58.1 Å². The third kappa shape index (κ3) is 3.28. The second-order valence-corrected chi connectivity index (χ2v) is 8.92. The van der Waals surface area contributed by atoms with Crippen molar-refractivity contribution in [3.8, 4) is 0 Å². The number of carbonyl (C=O) groups excluding carboxylic acids is 1. The number of nitrogens with one attached hydrogen (secondary N) is 1. The first-order valence-corrected chi connectivity index (χ1v) is 10.0. The summed E-state index contributed by atoms with van der Waals surface area (Å²) in [6, 6.07) is 12.8. The van der Waals surface area contributed by atoms with Crippen LogP contribution in [0.3, 0.4) is 0 Å². The summed E-state index contributed by atoms with van der Waals surface area (Å²) < 4.78 is 5.24. The fourth-order valence-electron chi connectivity index (χ4n) is 5.81. The fraction of sp³-hybridized carbons (Fsp3) is 0.417. The zero-order valence-electron chi connectivity index (χ0n) is 17.1. The molecule has 0 heterocycles. The molecule has 1 unspecified atom stereocenters. The lowest BCUT2D eigenvalue weighted by Crippen LogP contribution is -2.73. The molecule has 5 nitrogen and oxygen atoms in total. The van der Waals surface area contributed by atoms with E-state index < -0.39 is 18.1 Å². The topological polar surface area (TPSA) is 75.6 Å². The van der Waals surface area contributed by atoms with Crippen molar-refractivity contribution < 1.29 is 19.4 Å². The van der Waals surface area contributed by atoms with Gasteiger partial charge in [-0.2, -0.15) is 0 Å². The Hall–Kier alpha value is -2.82. The molecule has 0 saturated heterocycles. The van der Waals surface area contributed by atoms with E-state index >= 15 is 0 Å². The Bertz CT molecular complexity index is 923. The number of carboxylic acids is 1. The molecular formula is C24H27NO4. The maximum Gasteiger partial charge on any atom is 0.408 e. The van der Waals surface area contributed by atoms with Gasteiger partial charge in [-0.1, -0.05) is 48.0 Å². The van der Waals surface area contributed by atoms with Crippen LogP contribution in [-0.2, 0) is 21.6 Å². The number of amides is 1. The molecule has 29 heavy (non-hydrogen) atoms. The number of hydrogen-bond donors (Lipinski definition) is 2. The number of benzene rings is 2. The highest BCUT2D eigenvalue weighted by Gasteiger charge is 2.73. The molecule has 0 aliphatic heterocycles. The number of hydrogen-bond acceptors (Lipinski definition) is 3. The Morgan fingerprint density at radius 2 is 1.66 bits per heavy atom. The molecule has 0 spiro atoms. The summed E-state index contributed by atoms with van der Waals surface area (Å²) >= 11 is 0. The van der Waals surface area contributed by atoms with Crippen molar-refractivity contribution in [3.63, 3.8) is 0 Å². The van der Waals surface area contributed by atoms with Crippen molar-refractivity contribution in [1.82, 2.24) is 5.32 Å². The van der Waals surface area contributed by atoms with Gasteiger partial charge < -0.3 is 15.2 Å². The Morgan fingerprint density at radius 1 is 1.07 bits per heavy atom. The van der Waals surface area contributed by atoms with Gasteiger partial charge >= 0.3 is 12.1 Å². The largest absolute Gasteiger partial charge is 0.480 e. The van der Waals surface area contributed by atoms with E-state index in [1.165, 1.54) is 22.3 Å². The number of aliphatic carboxylic acids is 1. The average Bonchev–Trinajstić information content (AvgIpc) is 2.59. The molecule has 3 aliphatic carbocycles. The van der Waals surface area contributed by atoms with Crippen LogP contribution in [0.4, 0.5) is 4.79 Å². The molecule has 3 fully saturated rings. The van der Waals surface area contributed by atoms with E-state index in [0.717, 1.165) is 24.8 Å². The Kier molecular flexibility index (Phi) is 4.64. The van der Waals surface area contributed by atoms with Gasteiger partial charge in [-0.15, -0.1) is 0 Å². The van der Waals surface area contributed by atoms with Gasteiger partial charge in [0, 0.05) is 5.41 Å². The Morgan fingerprint density at radius 3 is 2.21 bits per heavy atom. The Labute approximate surface area is 171 Å².